The van der Waals surface area contributed by atoms with Crippen LogP contribution < -0.4 is 5.73 Å². The lowest BCUT2D eigenvalue weighted by atomic mass is 10.1. The van der Waals surface area contributed by atoms with Crippen LogP contribution in [0.5, 0.6) is 0 Å². The summed E-state index contributed by atoms with van der Waals surface area (Å²) < 4.78 is 0. The summed E-state index contributed by atoms with van der Waals surface area (Å²) >= 11 is 1.47. The average molecular weight is 310 g/mol. The molecule has 1 fully saturated rings. The summed E-state index contributed by atoms with van der Waals surface area (Å²) in [5, 5.41) is 14.0. The Labute approximate surface area is 128 Å². The minimum atomic E-state index is -0.0426. The largest absolute Gasteiger partial charge is 0.409 e. The third-order valence-electron chi connectivity index (χ3n) is 3.79. The van der Waals surface area contributed by atoms with E-state index in [-0.39, 0.29) is 17.8 Å². The highest BCUT2D eigenvalue weighted by Crippen LogP contribution is 2.16. The molecule has 0 saturated carbocycles. The highest BCUT2D eigenvalue weighted by atomic mass is 32.1. The molecule has 1 unspecified atom stereocenters. The van der Waals surface area contributed by atoms with E-state index in [0.29, 0.717) is 13.1 Å². The molecular formula is C14H22N4O2S. The summed E-state index contributed by atoms with van der Waals surface area (Å²) in [5.41, 5.74) is 5.79. The van der Waals surface area contributed by atoms with Crippen molar-refractivity contribution in [3.05, 3.63) is 22.4 Å². The fourth-order valence-corrected chi connectivity index (χ4v) is 3.34. The molecule has 1 aliphatic rings. The van der Waals surface area contributed by atoms with Crippen molar-refractivity contribution in [2.75, 3.05) is 26.2 Å². The van der Waals surface area contributed by atoms with Gasteiger partial charge in [-0.2, -0.15) is 0 Å². The van der Waals surface area contributed by atoms with Crippen molar-refractivity contribution in [1.29, 1.82) is 0 Å². The van der Waals surface area contributed by atoms with E-state index >= 15 is 0 Å². The molecule has 1 atom stereocenters. The number of oxime groups is 1. The number of carbonyl (C=O) groups excluding carboxylic acids is 1. The fraction of sp³-hybridized carbons (Fsp3) is 0.571. The van der Waals surface area contributed by atoms with E-state index in [9.17, 15) is 4.79 Å². The van der Waals surface area contributed by atoms with E-state index in [1.807, 2.05) is 22.4 Å². The van der Waals surface area contributed by atoms with E-state index in [0.717, 1.165) is 30.8 Å². The smallest absolute Gasteiger partial charge is 0.264 e. The summed E-state index contributed by atoms with van der Waals surface area (Å²) in [5.74, 6) is 0.357. The number of nitrogens with zero attached hydrogens (tertiary/aromatic N) is 3. The Morgan fingerprint density at radius 3 is 2.71 bits per heavy atom. The summed E-state index contributed by atoms with van der Waals surface area (Å²) in [6.07, 6.45) is 1.82. The molecular weight excluding hydrogens is 288 g/mol. The van der Waals surface area contributed by atoms with Gasteiger partial charge >= 0.3 is 0 Å². The minimum Gasteiger partial charge on any atom is -0.409 e. The van der Waals surface area contributed by atoms with Crippen LogP contribution in [0.2, 0.25) is 0 Å². The molecule has 0 bridgehead atoms. The molecule has 116 valence electrons. The van der Waals surface area contributed by atoms with Crippen LogP contribution in [-0.4, -0.2) is 59.0 Å². The number of rotatable bonds is 5. The maximum atomic E-state index is 12.3. The second-order valence-electron chi connectivity index (χ2n) is 5.13. The number of hydrogen-bond donors (Lipinski definition) is 2. The van der Waals surface area contributed by atoms with Crippen LogP contribution in [0.15, 0.2) is 22.7 Å². The lowest BCUT2D eigenvalue weighted by Crippen LogP contribution is -2.55. The van der Waals surface area contributed by atoms with Gasteiger partial charge in [0, 0.05) is 26.2 Å². The summed E-state index contributed by atoms with van der Waals surface area (Å²) in [4.78, 5) is 17.1. The zero-order valence-electron chi connectivity index (χ0n) is 12.2. The SMILES string of the molecule is CCCC(C(N)=NO)N1CCN(C(=O)c2cccs2)CC1. The quantitative estimate of drug-likeness (QED) is 0.373. The average Bonchev–Trinajstić information content (AvgIpc) is 3.06. The predicted molar refractivity (Wildman–Crippen MR) is 83.9 cm³/mol. The van der Waals surface area contributed by atoms with E-state index in [4.69, 9.17) is 10.9 Å². The molecule has 1 aromatic heterocycles. The lowest BCUT2D eigenvalue weighted by molar-refractivity contribution is 0.0610. The molecule has 7 heteroatoms. The van der Waals surface area contributed by atoms with Gasteiger partial charge in [0.2, 0.25) is 0 Å². The van der Waals surface area contributed by atoms with Gasteiger partial charge in [-0.15, -0.1) is 11.3 Å². The highest BCUT2D eigenvalue weighted by molar-refractivity contribution is 7.12. The fourth-order valence-electron chi connectivity index (χ4n) is 2.65. The number of amidine groups is 1. The van der Waals surface area contributed by atoms with Crippen molar-refractivity contribution in [2.24, 2.45) is 10.9 Å². The Balaban J connectivity index is 1.94. The zero-order valence-corrected chi connectivity index (χ0v) is 13.1. The second-order valence-corrected chi connectivity index (χ2v) is 6.08. The zero-order chi connectivity index (χ0) is 15.2. The third-order valence-corrected chi connectivity index (χ3v) is 4.65. The van der Waals surface area contributed by atoms with Crippen molar-refractivity contribution in [2.45, 2.75) is 25.8 Å². The normalized spacial score (nSPS) is 18.7. The Hall–Kier alpha value is -1.60. The Bertz CT molecular complexity index is 481. The number of hydrogen-bond acceptors (Lipinski definition) is 5. The third kappa shape index (κ3) is 3.74. The van der Waals surface area contributed by atoms with Gasteiger partial charge in [-0.05, 0) is 17.9 Å². The molecule has 2 rings (SSSR count). The van der Waals surface area contributed by atoms with Gasteiger partial charge in [0.25, 0.3) is 5.91 Å². The molecule has 0 radical (unpaired) electrons. The van der Waals surface area contributed by atoms with Crippen LogP contribution in [0.1, 0.15) is 29.4 Å². The molecule has 1 amide bonds. The van der Waals surface area contributed by atoms with Gasteiger partial charge < -0.3 is 15.8 Å². The Kier molecular flexibility index (Phi) is 5.58. The maximum absolute atomic E-state index is 12.3. The number of thiophene rings is 1. The molecule has 0 aromatic carbocycles. The standard InChI is InChI=1S/C14H22N4O2S/c1-2-4-11(13(15)16-20)17-6-8-18(9-7-17)14(19)12-5-3-10-21-12/h3,5,10-11,20H,2,4,6-9H2,1H3,(H2,15,16). The van der Waals surface area contributed by atoms with Gasteiger partial charge in [0.15, 0.2) is 5.84 Å². The van der Waals surface area contributed by atoms with Crippen molar-refractivity contribution in [3.8, 4) is 0 Å². The first-order chi connectivity index (χ1) is 10.2. The van der Waals surface area contributed by atoms with Gasteiger partial charge in [0.05, 0.1) is 10.9 Å². The first-order valence-electron chi connectivity index (χ1n) is 7.21. The van der Waals surface area contributed by atoms with Gasteiger partial charge in [-0.25, -0.2) is 0 Å². The van der Waals surface area contributed by atoms with Crippen molar-refractivity contribution in [1.82, 2.24) is 9.80 Å². The van der Waals surface area contributed by atoms with Crippen LogP contribution in [-0.2, 0) is 0 Å². The summed E-state index contributed by atoms with van der Waals surface area (Å²) in [7, 11) is 0. The van der Waals surface area contributed by atoms with Gasteiger partial charge in [0.1, 0.15) is 0 Å². The first-order valence-corrected chi connectivity index (χ1v) is 8.09. The second kappa shape index (κ2) is 7.42. The molecule has 21 heavy (non-hydrogen) atoms. The minimum absolute atomic E-state index is 0.0426. The van der Waals surface area contributed by atoms with Gasteiger partial charge in [-0.1, -0.05) is 24.6 Å². The van der Waals surface area contributed by atoms with E-state index < -0.39 is 0 Å². The number of nitrogens with two attached hydrogens (primary N) is 1. The highest BCUT2D eigenvalue weighted by Gasteiger charge is 2.28. The van der Waals surface area contributed by atoms with Crippen LogP contribution in [0.4, 0.5) is 0 Å². The molecule has 1 saturated heterocycles. The van der Waals surface area contributed by atoms with Crippen LogP contribution in [0, 0.1) is 0 Å². The molecule has 1 aromatic rings. The first kappa shape index (κ1) is 15.8. The summed E-state index contributed by atoms with van der Waals surface area (Å²) in [6, 6.07) is 3.71. The van der Waals surface area contributed by atoms with Crippen LogP contribution >= 0.6 is 11.3 Å². The molecule has 3 N–H and O–H groups in total. The van der Waals surface area contributed by atoms with E-state index in [2.05, 4.69) is 17.0 Å². The van der Waals surface area contributed by atoms with E-state index in [1.54, 1.807) is 0 Å². The molecule has 0 spiro atoms. The number of piperazine rings is 1. The monoisotopic (exact) mass is 310 g/mol. The molecule has 1 aliphatic heterocycles. The van der Waals surface area contributed by atoms with E-state index in [1.165, 1.54) is 11.3 Å². The van der Waals surface area contributed by atoms with Crippen molar-refractivity contribution < 1.29 is 10.0 Å². The lowest BCUT2D eigenvalue weighted by Gasteiger charge is -2.38. The van der Waals surface area contributed by atoms with Crippen molar-refractivity contribution in [3.63, 3.8) is 0 Å². The summed E-state index contributed by atoms with van der Waals surface area (Å²) in [6.45, 7) is 4.93. The number of carbonyl (C=O) groups is 1. The van der Waals surface area contributed by atoms with Crippen LogP contribution in [0.3, 0.4) is 0 Å². The Morgan fingerprint density at radius 1 is 1.48 bits per heavy atom. The predicted octanol–water partition coefficient (Wildman–Crippen LogP) is 1.42. The topological polar surface area (TPSA) is 82.2 Å². The molecule has 2 heterocycles. The van der Waals surface area contributed by atoms with Crippen molar-refractivity contribution >= 4 is 23.1 Å². The van der Waals surface area contributed by atoms with Gasteiger partial charge in [-0.3, -0.25) is 9.69 Å². The molecule has 0 aliphatic carbocycles. The Morgan fingerprint density at radius 2 is 2.19 bits per heavy atom. The maximum Gasteiger partial charge on any atom is 0.264 e. The molecule has 6 nitrogen and oxygen atoms in total. The number of amides is 1. The van der Waals surface area contributed by atoms with Crippen LogP contribution in [0.25, 0.3) is 0 Å².